The molecule has 4 heterocycles. The number of hydrogen-bond acceptors (Lipinski definition) is 6. The van der Waals surface area contributed by atoms with E-state index in [0.29, 0.717) is 38.3 Å². The molecule has 1 aromatic carbocycles. The molecule has 0 atom stereocenters. The molecule has 3 aromatic heterocycles. The van der Waals surface area contributed by atoms with E-state index in [1.165, 1.54) is 11.3 Å². The van der Waals surface area contributed by atoms with Gasteiger partial charge in [-0.25, -0.2) is 9.78 Å². The van der Waals surface area contributed by atoms with Crippen molar-refractivity contribution in [1.82, 2.24) is 15.3 Å². The van der Waals surface area contributed by atoms with E-state index in [4.69, 9.17) is 4.74 Å². The summed E-state index contributed by atoms with van der Waals surface area (Å²) >= 11 is 1.31. The quantitative estimate of drug-likeness (QED) is 0.354. The van der Waals surface area contributed by atoms with Crippen molar-refractivity contribution in [3.05, 3.63) is 65.4 Å². The Bertz CT molecular complexity index is 1430. The molecule has 6 rings (SSSR count). The molecular weight excluding hydrogens is 462 g/mol. The number of hydrogen-bond donors (Lipinski definition) is 2. The van der Waals surface area contributed by atoms with Crippen LogP contribution < -0.4 is 20.3 Å². The van der Waals surface area contributed by atoms with Gasteiger partial charge in [0.05, 0.1) is 28.6 Å². The van der Waals surface area contributed by atoms with Gasteiger partial charge in [0.2, 0.25) is 0 Å². The van der Waals surface area contributed by atoms with Crippen LogP contribution in [0.3, 0.4) is 0 Å². The highest BCUT2D eigenvalue weighted by Crippen LogP contribution is 2.46. The first-order valence-electron chi connectivity index (χ1n) is 11.6. The molecule has 35 heavy (non-hydrogen) atoms. The first kappa shape index (κ1) is 21.5. The van der Waals surface area contributed by atoms with Crippen LogP contribution in [-0.2, 0) is 0 Å². The highest BCUT2D eigenvalue weighted by atomic mass is 32.1. The minimum atomic E-state index is -0.324. The molecule has 0 spiro atoms. The van der Waals surface area contributed by atoms with E-state index in [9.17, 15) is 9.59 Å². The molecule has 4 aromatic rings. The number of thiophene rings is 1. The summed E-state index contributed by atoms with van der Waals surface area (Å²) in [5.41, 5.74) is 2.83. The van der Waals surface area contributed by atoms with Crippen molar-refractivity contribution >= 4 is 50.6 Å². The van der Waals surface area contributed by atoms with Crippen LogP contribution in [0.15, 0.2) is 54.9 Å². The van der Waals surface area contributed by atoms with Crippen molar-refractivity contribution in [2.75, 3.05) is 10.2 Å². The van der Waals surface area contributed by atoms with Crippen molar-refractivity contribution in [1.29, 1.82) is 0 Å². The van der Waals surface area contributed by atoms with Gasteiger partial charge in [-0.05, 0) is 62.2 Å². The zero-order valence-electron chi connectivity index (χ0n) is 19.1. The number of carbonyl (C=O) groups excluding carboxylic acids is 2. The zero-order chi connectivity index (χ0) is 23.9. The monoisotopic (exact) mass is 485 g/mol. The van der Waals surface area contributed by atoms with Crippen LogP contribution in [-0.4, -0.2) is 27.9 Å². The number of ether oxygens (including phenoxy) is 1. The zero-order valence-corrected chi connectivity index (χ0v) is 19.9. The maximum atomic E-state index is 13.3. The highest BCUT2D eigenvalue weighted by Gasteiger charge is 2.33. The van der Waals surface area contributed by atoms with Crippen LogP contribution in [0.25, 0.3) is 10.2 Å². The summed E-state index contributed by atoms with van der Waals surface area (Å²) in [5.74, 6) is 1.13. The topological polar surface area (TPSA) is 96.5 Å². The summed E-state index contributed by atoms with van der Waals surface area (Å²) in [6.07, 6.45) is 7.60. The Morgan fingerprint density at radius 1 is 1.09 bits per heavy atom. The van der Waals surface area contributed by atoms with E-state index in [2.05, 4.69) is 20.6 Å². The number of nitrogens with zero attached hydrogens (tertiary/aromatic N) is 3. The summed E-state index contributed by atoms with van der Waals surface area (Å²) in [6, 6.07) is 12.7. The van der Waals surface area contributed by atoms with Crippen LogP contribution in [0.1, 0.15) is 41.0 Å². The first-order chi connectivity index (χ1) is 17.1. The third kappa shape index (κ3) is 3.97. The molecule has 9 heteroatoms. The molecule has 2 N–H and O–H groups in total. The van der Waals surface area contributed by atoms with Crippen molar-refractivity contribution in [2.24, 2.45) is 0 Å². The van der Waals surface area contributed by atoms with E-state index >= 15 is 0 Å². The van der Waals surface area contributed by atoms with Gasteiger partial charge in [-0.1, -0.05) is 12.8 Å². The molecule has 1 saturated carbocycles. The number of anilines is 3. The smallest absolute Gasteiger partial charge is 0.331 e. The second-order valence-corrected chi connectivity index (χ2v) is 9.77. The molecule has 3 amide bonds. The molecule has 0 unspecified atom stereocenters. The highest BCUT2D eigenvalue weighted by molar-refractivity contribution is 7.21. The van der Waals surface area contributed by atoms with Crippen LogP contribution in [0.2, 0.25) is 0 Å². The molecule has 176 valence electrons. The fraction of sp³-hybridized carbons (Fsp3) is 0.231. The van der Waals surface area contributed by atoms with Crippen molar-refractivity contribution in [3.63, 3.8) is 0 Å². The number of benzene rings is 1. The number of pyridine rings is 2. The molecule has 0 radical (unpaired) electrons. The number of nitrogens with one attached hydrogen (secondary N) is 2. The van der Waals surface area contributed by atoms with Gasteiger partial charge in [-0.2, -0.15) is 0 Å². The number of urea groups is 1. The Balaban J connectivity index is 1.31. The first-order valence-corrected chi connectivity index (χ1v) is 12.4. The lowest BCUT2D eigenvalue weighted by Gasteiger charge is -2.28. The summed E-state index contributed by atoms with van der Waals surface area (Å²) in [6.45, 7) is 1.92. The number of amides is 3. The Kier molecular flexibility index (Phi) is 5.33. The summed E-state index contributed by atoms with van der Waals surface area (Å²) in [5, 5.41) is 6.84. The van der Waals surface area contributed by atoms with Crippen molar-refractivity contribution in [2.45, 2.75) is 38.6 Å². The van der Waals surface area contributed by atoms with Gasteiger partial charge in [0.15, 0.2) is 0 Å². The summed E-state index contributed by atoms with van der Waals surface area (Å²) in [7, 11) is 0. The van der Waals surface area contributed by atoms with Gasteiger partial charge in [0.1, 0.15) is 21.2 Å². The summed E-state index contributed by atoms with van der Waals surface area (Å²) < 4.78 is 5.87. The van der Waals surface area contributed by atoms with Crippen LogP contribution in [0, 0.1) is 6.92 Å². The minimum absolute atomic E-state index is 0.151. The lowest BCUT2D eigenvalue weighted by atomic mass is 10.1. The number of aromatic nitrogens is 2. The lowest BCUT2D eigenvalue weighted by molar-refractivity contribution is 0.0943. The van der Waals surface area contributed by atoms with Gasteiger partial charge < -0.3 is 15.4 Å². The third-order valence-electron chi connectivity index (χ3n) is 6.36. The largest absolute Gasteiger partial charge is 0.456 e. The molecule has 2 aliphatic rings. The lowest BCUT2D eigenvalue weighted by Crippen LogP contribution is -2.36. The Labute approximate surface area is 206 Å². The summed E-state index contributed by atoms with van der Waals surface area (Å²) in [4.78, 5) is 37.8. The Morgan fingerprint density at radius 3 is 2.60 bits per heavy atom. The van der Waals surface area contributed by atoms with E-state index in [1.54, 1.807) is 23.4 Å². The van der Waals surface area contributed by atoms with Gasteiger partial charge in [-0.3, -0.25) is 14.7 Å². The predicted molar refractivity (Wildman–Crippen MR) is 136 cm³/mol. The number of aryl methyl sites for hydroxylation is 1. The van der Waals surface area contributed by atoms with Gasteiger partial charge in [0.25, 0.3) is 5.91 Å². The van der Waals surface area contributed by atoms with Crippen molar-refractivity contribution in [3.8, 4) is 11.5 Å². The molecule has 1 aliphatic heterocycles. The maximum Gasteiger partial charge on any atom is 0.331 e. The standard InChI is InChI=1S/C26H23N5O3S/c1-15-6-9-19(14-28-15)34-18-10-7-17(8-11-18)31-20-12-13-27-25-21(20)22(30-26(31)33)23(35-25)24(32)29-16-4-2-3-5-16/h6-14,16H,2-5H2,1H3,(H,29,32)(H,30,33). The molecule has 8 nitrogen and oxygen atoms in total. The Morgan fingerprint density at radius 2 is 1.86 bits per heavy atom. The molecule has 1 aliphatic carbocycles. The fourth-order valence-electron chi connectivity index (χ4n) is 4.64. The average molecular weight is 486 g/mol. The SMILES string of the molecule is Cc1ccc(Oc2ccc(N3C(=O)Nc4c(C(=O)NC5CCCC5)sc5nccc3c45)cc2)cn1. The average Bonchev–Trinajstić information content (AvgIpc) is 3.50. The minimum Gasteiger partial charge on any atom is -0.456 e. The van der Waals surface area contributed by atoms with E-state index < -0.39 is 0 Å². The second-order valence-electron chi connectivity index (χ2n) is 8.77. The van der Waals surface area contributed by atoms with E-state index in [0.717, 1.165) is 36.8 Å². The van der Waals surface area contributed by atoms with Gasteiger partial charge in [0, 0.05) is 17.9 Å². The van der Waals surface area contributed by atoms with Crippen molar-refractivity contribution < 1.29 is 14.3 Å². The maximum absolute atomic E-state index is 13.3. The third-order valence-corrected chi connectivity index (χ3v) is 7.45. The number of rotatable bonds is 5. The normalized spacial score (nSPS) is 15.3. The van der Waals surface area contributed by atoms with E-state index in [1.807, 2.05) is 43.3 Å². The van der Waals surface area contributed by atoms with E-state index in [-0.39, 0.29) is 18.0 Å². The molecular formula is C26H23N5O3S. The second kappa shape index (κ2) is 8.66. The number of carbonyl (C=O) groups is 2. The molecule has 0 bridgehead atoms. The van der Waals surface area contributed by atoms with Gasteiger partial charge >= 0.3 is 6.03 Å². The molecule has 0 saturated heterocycles. The van der Waals surface area contributed by atoms with Crippen LogP contribution in [0.5, 0.6) is 11.5 Å². The Hall–Kier alpha value is -3.98. The predicted octanol–water partition coefficient (Wildman–Crippen LogP) is 6.15. The van der Waals surface area contributed by atoms with Crippen LogP contribution in [0.4, 0.5) is 21.9 Å². The molecule has 1 fully saturated rings. The van der Waals surface area contributed by atoms with Crippen LogP contribution >= 0.6 is 11.3 Å². The van der Waals surface area contributed by atoms with Gasteiger partial charge in [-0.15, -0.1) is 11.3 Å². The fourth-order valence-corrected chi connectivity index (χ4v) is 5.66.